The number of hydrogen-bond donors (Lipinski definition) is 0. The van der Waals surface area contributed by atoms with Crippen molar-refractivity contribution < 1.29 is 13.9 Å². The molecule has 0 radical (unpaired) electrons. The molecule has 0 aromatic heterocycles. The predicted molar refractivity (Wildman–Crippen MR) is 49.3 cm³/mol. The summed E-state index contributed by atoms with van der Waals surface area (Å²) in [5.41, 5.74) is 0. The number of para-hydroxylation sites is 1. The van der Waals surface area contributed by atoms with Gasteiger partial charge in [-0.2, -0.15) is 0 Å². The van der Waals surface area contributed by atoms with Crippen molar-refractivity contribution in [3.8, 4) is 5.75 Å². The number of rotatable bonds is 2. The first-order valence-electron chi connectivity index (χ1n) is 3.96. The van der Waals surface area contributed by atoms with Gasteiger partial charge in [-0.3, -0.25) is 0 Å². The molecule has 0 aliphatic carbocycles. The van der Waals surface area contributed by atoms with E-state index >= 15 is 0 Å². The van der Waals surface area contributed by atoms with E-state index in [4.69, 9.17) is 9.47 Å². The molecule has 1 aliphatic heterocycles. The van der Waals surface area contributed by atoms with E-state index in [2.05, 4.69) is 15.9 Å². The smallest absolute Gasteiger partial charge is 0.169 e. The number of hydrogen-bond acceptors (Lipinski definition) is 2. The largest absolute Gasteiger partial charge is 0.481 e. The summed E-state index contributed by atoms with van der Waals surface area (Å²) in [4.78, 5) is 0. The van der Waals surface area contributed by atoms with E-state index in [9.17, 15) is 4.39 Å². The Morgan fingerprint density at radius 3 is 2.77 bits per heavy atom. The molecule has 2 nitrogen and oxygen atoms in total. The van der Waals surface area contributed by atoms with Crippen molar-refractivity contribution in [2.75, 3.05) is 13.2 Å². The highest BCUT2D eigenvalue weighted by molar-refractivity contribution is 9.10. The Morgan fingerprint density at radius 1 is 1.46 bits per heavy atom. The molecular weight excluding hydrogens is 239 g/mol. The molecule has 0 atom stereocenters. The van der Waals surface area contributed by atoms with E-state index in [0.717, 1.165) is 0 Å². The first-order valence-corrected chi connectivity index (χ1v) is 4.75. The van der Waals surface area contributed by atoms with Crippen LogP contribution in [0.1, 0.15) is 0 Å². The zero-order chi connectivity index (χ0) is 9.26. The van der Waals surface area contributed by atoms with Gasteiger partial charge >= 0.3 is 0 Å². The van der Waals surface area contributed by atoms with Gasteiger partial charge in [0.05, 0.1) is 17.7 Å². The number of benzene rings is 1. The van der Waals surface area contributed by atoms with Crippen LogP contribution in [0, 0.1) is 5.82 Å². The minimum Gasteiger partial charge on any atom is -0.481 e. The summed E-state index contributed by atoms with van der Waals surface area (Å²) in [6.07, 6.45) is -0.00630. The van der Waals surface area contributed by atoms with Crippen LogP contribution in [0.3, 0.4) is 0 Å². The minimum atomic E-state index is -0.346. The number of halogens is 2. The molecule has 1 fully saturated rings. The Kier molecular flexibility index (Phi) is 2.51. The fraction of sp³-hybridized carbons (Fsp3) is 0.333. The van der Waals surface area contributed by atoms with Gasteiger partial charge in [-0.1, -0.05) is 6.07 Å². The van der Waals surface area contributed by atoms with Crippen LogP contribution in [-0.2, 0) is 4.74 Å². The van der Waals surface area contributed by atoms with Crippen LogP contribution < -0.4 is 4.74 Å². The quantitative estimate of drug-likeness (QED) is 0.798. The maximum absolute atomic E-state index is 13.2. The summed E-state index contributed by atoms with van der Waals surface area (Å²) < 4.78 is 24.1. The molecule has 2 rings (SSSR count). The summed E-state index contributed by atoms with van der Waals surface area (Å²) >= 11 is 3.22. The Morgan fingerprint density at radius 2 is 2.23 bits per heavy atom. The highest BCUT2D eigenvalue weighted by atomic mass is 79.9. The maximum Gasteiger partial charge on any atom is 0.169 e. The molecule has 1 aromatic carbocycles. The van der Waals surface area contributed by atoms with Crippen molar-refractivity contribution >= 4 is 15.9 Å². The first-order chi connectivity index (χ1) is 6.27. The van der Waals surface area contributed by atoms with Crippen LogP contribution in [0.2, 0.25) is 0 Å². The van der Waals surface area contributed by atoms with Gasteiger partial charge < -0.3 is 9.47 Å². The third-order valence-corrected chi connectivity index (χ3v) is 2.44. The molecule has 13 heavy (non-hydrogen) atoms. The van der Waals surface area contributed by atoms with E-state index in [1.54, 1.807) is 12.1 Å². The second-order valence-electron chi connectivity index (χ2n) is 2.83. The lowest BCUT2D eigenvalue weighted by Crippen LogP contribution is -2.38. The molecule has 4 heteroatoms. The molecule has 1 saturated heterocycles. The normalized spacial score (nSPS) is 16.8. The van der Waals surface area contributed by atoms with Gasteiger partial charge in [0, 0.05) is 0 Å². The number of ether oxygens (including phenoxy) is 2. The SMILES string of the molecule is Fc1cccc(Br)c1OC1COC1. The van der Waals surface area contributed by atoms with Crippen molar-refractivity contribution in [2.24, 2.45) is 0 Å². The van der Waals surface area contributed by atoms with Gasteiger partial charge in [0.15, 0.2) is 11.6 Å². The minimum absolute atomic E-state index is 0.00630. The Hall–Kier alpha value is -0.610. The molecule has 70 valence electrons. The second-order valence-corrected chi connectivity index (χ2v) is 3.68. The molecule has 0 saturated carbocycles. The summed E-state index contributed by atoms with van der Waals surface area (Å²) in [5.74, 6) is -0.0722. The molecule has 1 heterocycles. The van der Waals surface area contributed by atoms with Crippen molar-refractivity contribution in [1.29, 1.82) is 0 Å². The van der Waals surface area contributed by atoms with Crippen LogP contribution in [0.25, 0.3) is 0 Å². The van der Waals surface area contributed by atoms with Gasteiger partial charge in [-0.05, 0) is 28.1 Å². The lowest BCUT2D eigenvalue weighted by atomic mass is 10.3. The van der Waals surface area contributed by atoms with Crippen LogP contribution in [-0.4, -0.2) is 19.3 Å². The average Bonchev–Trinajstić information content (AvgIpc) is 2.00. The van der Waals surface area contributed by atoms with Crippen molar-refractivity contribution in [3.63, 3.8) is 0 Å². The monoisotopic (exact) mass is 246 g/mol. The van der Waals surface area contributed by atoms with Gasteiger partial charge in [-0.15, -0.1) is 0 Å². The zero-order valence-corrected chi connectivity index (χ0v) is 8.38. The summed E-state index contributed by atoms with van der Waals surface area (Å²) in [7, 11) is 0. The van der Waals surface area contributed by atoms with Crippen LogP contribution >= 0.6 is 15.9 Å². The van der Waals surface area contributed by atoms with Crippen LogP contribution in [0.5, 0.6) is 5.75 Å². The van der Waals surface area contributed by atoms with E-state index in [1.807, 2.05) is 0 Å². The van der Waals surface area contributed by atoms with E-state index in [0.29, 0.717) is 17.7 Å². The second kappa shape index (κ2) is 3.64. The fourth-order valence-corrected chi connectivity index (χ4v) is 1.48. The lowest BCUT2D eigenvalue weighted by Gasteiger charge is -2.27. The summed E-state index contributed by atoms with van der Waals surface area (Å²) in [5, 5.41) is 0. The molecule has 0 bridgehead atoms. The third-order valence-electron chi connectivity index (χ3n) is 1.81. The van der Waals surface area contributed by atoms with Gasteiger partial charge in [0.1, 0.15) is 6.10 Å². The maximum atomic E-state index is 13.2. The van der Waals surface area contributed by atoms with Gasteiger partial charge in [0.25, 0.3) is 0 Å². The topological polar surface area (TPSA) is 18.5 Å². The average molecular weight is 247 g/mol. The predicted octanol–water partition coefficient (Wildman–Crippen LogP) is 2.37. The standard InChI is InChI=1S/C9H8BrFO2/c10-7-2-1-3-8(11)9(7)13-6-4-12-5-6/h1-3,6H,4-5H2. The third kappa shape index (κ3) is 1.84. The Bertz CT molecular complexity index is 292. The van der Waals surface area contributed by atoms with Crippen molar-refractivity contribution in [1.82, 2.24) is 0 Å². The molecule has 0 N–H and O–H groups in total. The Balaban J connectivity index is 2.17. The summed E-state index contributed by atoms with van der Waals surface area (Å²) in [6.45, 7) is 1.08. The van der Waals surface area contributed by atoms with Gasteiger partial charge in [-0.25, -0.2) is 4.39 Å². The molecule has 0 amide bonds. The molecule has 1 aliphatic rings. The van der Waals surface area contributed by atoms with Gasteiger partial charge in [0.2, 0.25) is 0 Å². The van der Waals surface area contributed by atoms with Crippen molar-refractivity contribution in [2.45, 2.75) is 6.10 Å². The lowest BCUT2D eigenvalue weighted by molar-refractivity contribution is -0.0811. The molecule has 1 aromatic rings. The summed E-state index contributed by atoms with van der Waals surface area (Å²) in [6, 6.07) is 4.75. The molecular formula is C9H8BrFO2. The molecule has 0 spiro atoms. The first kappa shape index (κ1) is 8.97. The highest BCUT2D eigenvalue weighted by Gasteiger charge is 2.22. The van der Waals surface area contributed by atoms with Crippen molar-refractivity contribution in [3.05, 3.63) is 28.5 Å². The highest BCUT2D eigenvalue weighted by Crippen LogP contribution is 2.29. The Labute approximate surface area is 83.8 Å². The van der Waals surface area contributed by atoms with Crippen LogP contribution in [0.15, 0.2) is 22.7 Å². The fourth-order valence-electron chi connectivity index (χ4n) is 1.04. The molecule has 0 unspecified atom stereocenters. The van der Waals surface area contributed by atoms with Crippen LogP contribution in [0.4, 0.5) is 4.39 Å². The zero-order valence-electron chi connectivity index (χ0n) is 6.80. The van der Waals surface area contributed by atoms with E-state index < -0.39 is 0 Å². The van der Waals surface area contributed by atoms with E-state index in [1.165, 1.54) is 6.07 Å². The van der Waals surface area contributed by atoms with E-state index in [-0.39, 0.29) is 17.7 Å².